The zero-order valence-corrected chi connectivity index (χ0v) is 11.4. The number of hydrogen-bond acceptors (Lipinski definition) is 6. The number of ether oxygens (including phenoxy) is 1. The molecule has 0 amide bonds. The van der Waals surface area contributed by atoms with E-state index in [0.29, 0.717) is 11.7 Å². The molecule has 0 aliphatic carbocycles. The average molecular weight is 271 g/mol. The monoisotopic (exact) mass is 271 g/mol. The Hall–Kier alpha value is -2.37. The molecule has 0 unspecified atom stereocenters. The number of aromatic nitrogens is 3. The summed E-state index contributed by atoms with van der Waals surface area (Å²) in [6, 6.07) is 7.96. The normalized spacial score (nSPS) is 14.6. The van der Waals surface area contributed by atoms with Gasteiger partial charge in [0.15, 0.2) is 0 Å². The van der Waals surface area contributed by atoms with Gasteiger partial charge in [0.05, 0.1) is 0 Å². The van der Waals surface area contributed by atoms with Crippen LogP contribution >= 0.6 is 0 Å². The van der Waals surface area contributed by atoms with Gasteiger partial charge in [-0.15, -0.1) is 0 Å². The van der Waals surface area contributed by atoms with Crippen LogP contribution in [0.5, 0.6) is 11.8 Å². The molecule has 2 N–H and O–H groups in total. The van der Waals surface area contributed by atoms with Crippen molar-refractivity contribution in [1.29, 1.82) is 0 Å². The van der Waals surface area contributed by atoms with E-state index in [-0.39, 0.29) is 12.0 Å². The predicted octanol–water partition coefficient (Wildman–Crippen LogP) is 2.15. The van der Waals surface area contributed by atoms with Crippen molar-refractivity contribution in [2.75, 3.05) is 23.7 Å². The van der Waals surface area contributed by atoms with Crippen LogP contribution in [0, 0.1) is 6.92 Å². The van der Waals surface area contributed by atoms with Crippen LogP contribution in [-0.2, 0) is 0 Å². The van der Waals surface area contributed by atoms with Crippen molar-refractivity contribution < 1.29 is 4.74 Å². The van der Waals surface area contributed by atoms with E-state index in [1.807, 2.05) is 31.2 Å². The van der Waals surface area contributed by atoms with Crippen molar-refractivity contribution in [3.8, 4) is 11.8 Å². The lowest BCUT2D eigenvalue weighted by molar-refractivity contribution is 0.440. The lowest BCUT2D eigenvalue weighted by Gasteiger charge is -2.15. The summed E-state index contributed by atoms with van der Waals surface area (Å²) in [7, 11) is 0. The molecule has 0 radical (unpaired) electrons. The van der Waals surface area contributed by atoms with E-state index in [4.69, 9.17) is 10.5 Å². The molecular weight excluding hydrogens is 254 g/mol. The van der Waals surface area contributed by atoms with Crippen molar-refractivity contribution in [2.45, 2.75) is 19.8 Å². The molecule has 6 nitrogen and oxygen atoms in total. The van der Waals surface area contributed by atoms with Crippen LogP contribution in [0.25, 0.3) is 0 Å². The Labute approximate surface area is 117 Å². The minimum absolute atomic E-state index is 0.185. The summed E-state index contributed by atoms with van der Waals surface area (Å²) in [6.07, 6.45) is 2.30. The molecule has 1 aliphatic heterocycles. The molecule has 0 spiro atoms. The number of benzene rings is 1. The van der Waals surface area contributed by atoms with E-state index in [0.717, 1.165) is 31.5 Å². The van der Waals surface area contributed by atoms with Crippen LogP contribution < -0.4 is 15.4 Å². The molecule has 104 valence electrons. The SMILES string of the molecule is Cc1cccc(Oc2nc(N)nc(N3CCCC3)n2)c1. The van der Waals surface area contributed by atoms with E-state index in [9.17, 15) is 0 Å². The van der Waals surface area contributed by atoms with E-state index in [1.54, 1.807) is 0 Å². The van der Waals surface area contributed by atoms with Gasteiger partial charge in [-0.3, -0.25) is 0 Å². The second-order valence-corrected chi connectivity index (χ2v) is 4.89. The number of aryl methyl sites for hydroxylation is 1. The lowest BCUT2D eigenvalue weighted by atomic mass is 10.2. The molecular formula is C14H17N5O. The molecule has 0 saturated carbocycles. The number of nitrogen functional groups attached to an aromatic ring is 1. The largest absolute Gasteiger partial charge is 0.424 e. The molecule has 2 heterocycles. The second kappa shape index (κ2) is 5.32. The second-order valence-electron chi connectivity index (χ2n) is 4.89. The van der Waals surface area contributed by atoms with Crippen molar-refractivity contribution in [3.63, 3.8) is 0 Å². The minimum atomic E-state index is 0.185. The maximum Gasteiger partial charge on any atom is 0.328 e. The Morgan fingerprint density at radius 2 is 1.95 bits per heavy atom. The van der Waals surface area contributed by atoms with Crippen molar-refractivity contribution in [1.82, 2.24) is 15.0 Å². The van der Waals surface area contributed by atoms with Gasteiger partial charge < -0.3 is 15.4 Å². The third-order valence-corrected chi connectivity index (χ3v) is 3.21. The van der Waals surface area contributed by atoms with Crippen LogP contribution in [-0.4, -0.2) is 28.0 Å². The van der Waals surface area contributed by atoms with Gasteiger partial charge in [0.2, 0.25) is 11.9 Å². The smallest absolute Gasteiger partial charge is 0.328 e. The summed E-state index contributed by atoms with van der Waals surface area (Å²) in [5.74, 6) is 1.48. The molecule has 1 saturated heterocycles. The molecule has 20 heavy (non-hydrogen) atoms. The van der Waals surface area contributed by atoms with E-state index in [1.165, 1.54) is 0 Å². The third kappa shape index (κ3) is 2.79. The fraction of sp³-hybridized carbons (Fsp3) is 0.357. The number of rotatable bonds is 3. The quantitative estimate of drug-likeness (QED) is 0.921. The van der Waals surface area contributed by atoms with Crippen molar-refractivity contribution in [2.24, 2.45) is 0 Å². The van der Waals surface area contributed by atoms with Crippen LogP contribution in [0.2, 0.25) is 0 Å². The zero-order valence-electron chi connectivity index (χ0n) is 11.4. The maximum absolute atomic E-state index is 5.74. The molecule has 1 aliphatic rings. The predicted molar refractivity (Wildman–Crippen MR) is 76.9 cm³/mol. The highest BCUT2D eigenvalue weighted by Crippen LogP contribution is 2.22. The van der Waals surface area contributed by atoms with Crippen molar-refractivity contribution in [3.05, 3.63) is 29.8 Å². The van der Waals surface area contributed by atoms with E-state index in [2.05, 4.69) is 19.9 Å². The van der Waals surface area contributed by atoms with Crippen LogP contribution in [0.4, 0.5) is 11.9 Å². The lowest BCUT2D eigenvalue weighted by Crippen LogP contribution is -2.21. The Morgan fingerprint density at radius 1 is 1.15 bits per heavy atom. The van der Waals surface area contributed by atoms with Gasteiger partial charge in [-0.1, -0.05) is 12.1 Å². The molecule has 0 atom stereocenters. The fourth-order valence-electron chi connectivity index (χ4n) is 2.25. The summed E-state index contributed by atoms with van der Waals surface area (Å²) in [6.45, 7) is 3.91. The summed E-state index contributed by atoms with van der Waals surface area (Å²) in [4.78, 5) is 14.7. The summed E-state index contributed by atoms with van der Waals surface area (Å²) in [5.41, 5.74) is 6.86. The van der Waals surface area contributed by atoms with E-state index < -0.39 is 0 Å². The summed E-state index contributed by atoms with van der Waals surface area (Å²) < 4.78 is 5.67. The Bertz CT molecular complexity index is 610. The molecule has 1 aromatic heterocycles. The van der Waals surface area contributed by atoms with Gasteiger partial charge >= 0.3 is 6.01 Å². The first-order valence-electron chi connectivity index (χ1n) is 6.72. The van der Waals surface area contributed by atoms with E-state index >= 15 is 0 Å². The van der Waals surface area contributed by atoms with Gasteiger partial charge in [0.1, 0.15) is 5.75 Å². The van der Waals surface area contributed by atoms with Gasteiger partial charge in [-0.2, -0.15) is 15.0 Å². The highest BCUT2D eigenvalue weighted by Gasteiger charge is 2.17. The van der Waals surface area contributed by atoms with Crippen molar-refractivity contribution >= 4 is 11.9 Å². The molecule has 6 heteroatoms. The first-order valence-corrected chi connectivity index (χ1v) is 6.72. The van der Waals surface area contributed by atoms with Crippen LogP contribution in [0.1, 0.15) is 18.4 Å². The minimum Gasteiger partial charge on any atom is -0.424 e. The van der Waals surface area contributed by atoms with Gasteiger partial charge in [0.25, 0.3) is 0 Å². The molecule has 3 rings (SSSR count). The highest BCUT2D eigenvalue weighted by molar-refractivity contribution is 5.38. The highest BCUT2D eigenvalue weighted by atomic mass is 16.5. The summed E-state index contributed by atoms with van der Waals surface area (Å²) in [5, 5.41) is 0. The topological polar surface area (TPSA) is 77.2 Å². The first kappa shape index (κ1) is 12.7. The van der Waals surface area contributed by atoms with Gasteiger partial charge in [-0.25, -0.2) is 0 Å². The third-order valence-electron chi connectivity index (χ3n) is 3.21. The Morgan fingerprint density at radius 3 is 2.70 bits per heavy atom. The zero-order chi connectivity index (χ0) is 13.9. The molecule has 1 aromatic carbocycles. The van der Waals surface area contributed by atoms with Crippen LogP contribution in [0.15, 0.2) is 24.3 Å². The first-order chi connectivity index (χ1) is 9.70. The molecule has 2 aromatic rings. The fourth-order valence-corrected chi connectivity index (χ4v) is 2.25. The number of anilines is 2. The number of nitrogens with two attached hydrogens (primary N) is 1. The average Bonchev–Trinajstić information content (AvgIpc) is 2.91. The molecule has 1 fully saturated rings. The molecule has 0 bridgehead atoms. The number of hydrogen-bond donors (Lipinski definition) is 1. The van der Waals surface area contributed by atoms with Gasteiger partial charge in [0, 0.05) is 13.1 Å². The summed E-state index contributed by atoms with van der Waals surface area (Å²) >= 11 is 0. The van der Waals surface area contributed by atoms with Crippen LogP contribution in [0.3, 0.4) is 0 Å². The number of nitrogens with zero attached hydrogens (tertiary/aromatic N) is 4. The Balaban J connectivity index is 1.85. The maximum atomic E-state index is 5.74. The standard InChI is InChI=1S/C14H17N5O/c1-10-5-4-6-11(9-10)20-14-17-12(15)16-13(18-14)19-7-2-3-8-19/h4-6,9H,2-3,7-8H2,1H3,(H2,15,16,17,18). The Kier molecular flexibility index (Phi) is 3.37. The van der Waals surface area contributed by atoms with Gasteiger partial charge in [-0.05, 0) is 37.5 Å².